The summed E-state index contributed by atoms with van der Waals surface area (Å²) in [6.07, 6.45) is 4.41. The molecule has 0 aliphatic carbocycles. The molecule has 0 unspecified atom stereocenters. The van der Waals surface area contributed by atoms with Gasteiger partial charge in [-0.2, -0.15) is 0 Å². The Morgan fingerprint density at radius 1 is 0.947 bits per heavy atom. The van der Waals surface area contributed by atoms with Crippen LogP contribution in [0.25, 0.3) is 0 Å². The number of likely N-dealkylation sites (tertiary alicyclic amines) is 1. The summed E-state index contributed by atoms with van der Waals surface area (Å²) in [7, 11) is 0. The van der Waals surface area contributed by atoms with Gasteiger partial charge in [0.15, 0.2) is 0 Å². The topological polar surface area (TPSA) is 71.5 Å². The van der Waals surface area contributed by atoms with Gasteiger partial charge in [-0.05, 0) is 73.1 Å². The molecule has 5 rings (SSSR count). The fraction of sp³-hybridized carbons (Fsp3) is 0.345. The standard InChI is InChI=1S/C29H28Cl3N3O3/c30-23-5-3-22(4-6-23)29(11-15-38-16-12-29)28(37)34-24-7-1-19(2-8-24)20-9-13-35(14-10-20)27(36)21-17-25(31)26(32)33-18-21/h1-8,17-18,20H,9-16H2,(H,34,37). The van der Waals surface area contributed by atoms with Crippen molar-refractivity contribution in [3.05, 3.63) is 92.7 Å². The predicted octanol–water partition coefficient (Wildman–Crippen LogP) is 6.75. The van der Waals surface area contributed by atoms with Crippen LogP contribution >= 0.6 is 34.8 Å². The smallest absolute Gasteiger partial charge is 0.255 e. The molecule has 2 amide bonds. The molecule has 2 fully saturated rings. The summed E-state index contributed by atoms with van der Waals surface area (Å²) >= 11 is 18.0. The van der Waals surface area contributed by atoms with Gasteiger partial charge in [0.25, 0.3) is 5.91 Å². The van der Waals surface area contributed by atoms with Crippen LogP contribution in [0.1, 0.15) is 53.1 Å². The molecule has 38 heavy (non-hydrogen) atoms. The highest BCUT2D eigenvalue weighted by molar-refractivity contribution is 6.41. The largest absolute Gasteiger partial charge is 0.381 e. The van der Waals surface area contributed by atoms with Gasteiger partial charge < -0.3 is 15.0 Å². The maximum Gasteiger partial charge on any atom is 0.255 e. The van der Waals surface area contributed by atoms with E-state index in [1.165, 1.54) is 11.8 Å². The number of amides is 2. The molecule has 1 aromatic heterocycles. The van der Waals surface area contributed by atoms with Gasteiger partial charge in [0, 0.05) is 43.2 Å². The highest BCUT2D eigenvalue weighted by atomic mass is 35.5. The number of rotatable bonds is 5. The molecule has 9 heteroatoms. The third kappa shape index (κ3) is 5.69. The molecule has 2 aliphatic rings. The van der Waals surface area contributed by atoms with Crippen LogP contribution in [0, 0.1) is 0 Å². The summed E-state index contributed by atoms with van der Waals surface area (Å²) in [5.74, 6) is 0.224. The molecule has 0 radical (unpaired) electrons. The molecule has 2 aromatic carbocycles. The van der Waals surface area contributed by atoms with Crippen molar-refractivity contribution in [3.8, 4) is 0 Å². The minimum absolute atomic E-state index is 0.0283. The third-order valence-corrected chi connectivity index (χ3v) is 8.58. The second-order valence-electron chi connectivity index (χ2n) is 9.84. The van der Waals surface area contributed by atoms with Crippen LogP contribution in [0.4, 0.5) is 5.69 Å². The van der Waals surface area contributed by atoms with Crippen LogP contribution in [0.5, 0.6) is 0 Å². The first kappa shape index (κ1) is 26.9. The molecular weight excluding hydrogens is 545 g/mol. The van der Waals surface area contributed by atoms with Gasteiger partial charge in [-0.1, -0.05) is 59.1 Å². The molecule has 0 atom stereocenters. The van der Waals surface area contributed by atoms with Crippen molar-refractivity contribution >= 4 is 52.3 Å². The van der Waals surface area contributed by atoms with E-state index in [2.05, 4.69) is 22.4 Å². The summed E-state index contributed by atoms with van der Waals surface area (Å²) in [5, 5.41) is 4.25. The summed E-state index contributed by atoms with van der Waals surface area (Å²) in [6.45, 7) is 2.37. The van der Waals surface area contributed by atoms with Gasteiger partial charge >= 0.3 is 0 Å². The van der Waals surface area contributed by atoms with E-state index in [4.69, 9.17) is 39.5 Å². The average molecular weight is 573 g/mol. The Hall–Kier alpha value is -2.64. The number of halogens is 3. The zero-order valence-electron chi connectivity index (χ0n) is 20.8. The van der Waals surface area contributed by atoms with Gasteiger partial charge in [0.05, 0.1) is 16.0 Å². The maximum absolute atomic E-state index is 13.6. The lowest BCUT2D eigenvalue weighted by atomic mass is 9.73. The molecule has 6 nitrogen and oxygen atoms in total. The highest BCUT2D eigenvalue weighted by Gasteiger charge is 2.41. The van der Waals surface area contributed by atoms with Gasteiger partial charge in [-0.25, -0.2) is 4.98 Å². The molecule has 0 bridgehead atoms. The molecule has 0 saturated carbocycles. The summed E-state index contributed by atoms with van der Waals surface area (Å²) < 4.78 is 5.57. The first-order valence-corrected chi connectivity index (χ1v) is 13.8. The van der Waals surface area contributed by atoms with Crippen molar-refractivity contribution in [2.24, 2.45) is 0 Å². The van der Waals surface area contributed by atoms with E-state index in [0.29, 0.717) is 55.6 Å². The van der Waals surface area contributed by atoms with Crippen molar-refractivity contribution in [2.45, 2.75) is 37.0 Å². The van der Waals surface area contributed by atoms with Gasteiger partial charge in [0.2, 0.25) is 5.91 Å². The molecule has 2 saturated heterocycles. The normalized spacial score (nSPS) is 17.7. The number of carbonyl (C=O) groups excluding carboxylic acids is 2. The number of carbonyl (C=O) groups is 2. The van der Waals surface area contributed by atoms with Gasteiger partial charge in [-0.15, -0.1) is 0 Å². The van der Waals surface area contributed by atoms with Crippen molar-refractivity contribution in [1.29, 1.82) is 0 Å². The lowest BCUT2D eigenvalue weighted by Crippen LogP contribution is -2.44. The van der Waals surface area contributed by atoms with Crippen LogP contribution in [0.2, 0.25) is 15.2 Å². The number of aromatic nitrogens is 1. The van der Waals surface area contributed by atoms with E-state index in [0.717, 1.165) is 24.1 Å². The summed E-state index contributed by atoms with van der Waals surface area (Å²) in [5.41, 5.74) is 2.71. The second-order valence-corrected chi connectivity index (χ2v) is 11.0. The minimum atomic E-state index is -0.648. The van der Waals surface area contributed by atoms with Gasteiger partial charge in [0.1, 0.15) is 5.15 Å². The van der Waals surface area contributed by atoms with Crippen molar-refractivity contribution < 1.29 is 14.3 Å². The van der Waals surface area contributed by atoms with Crippen molar-refractivity contribution in [3.63, 3.8) is 0 Å². The van der Waals surface area contributed by atoms with Crippen molar-refractivity contribution in [1.82, 2.24) is 9.88 Å². The van der Waals surface area contributed by atoms with Crippen LogP contribution in [0.3, 0.4) is 0 Å². The Morgan fingerprint density at radius 3 is 2.24 bits per heavy atom. The first-order valence-electron chi connectivity index (χ1n) is 12.7. The molecule has 3 heterocycles. The SMILES string of the molecule is O=C(c1cnc(Cl)c(Cl)c1)N1CCC(c2ccc(NC(=O)C3(c4ccc(Cl)cc4)CCOCC3)cc2)CC1. The monoisotopic (exact) mass is 571 g/mol. The third-order valence-electron chi connectivity index (χ3n) is 7.64. The van der Waals surface area contributed by atoms with Gasteiger partial charge in [-0.3, -0.25) is 9.59 Å². The number of piperidine rings is 1. The minimum Gasteiger partial charge on any atom is -0.381 e. The van der Waals surface area contributed by atoms with E-state index >= 15 is 0 Å². The Balaban J connectivity index is 1.21. The molecular formula is C29H28Cl3N3O3. The number of pyridine rings is 1. The number of benzene rings is 2. The number of anilines is 1. The lowest BCUT2D eigenvalue weighted by Gasteiger charge is -2.36. The lowest BCUT2D eigenvalue weighted by molar-refractivity contribution is -0.125. The van der Waals surface area contributed by atoms with E-state index < -0.39 is 5.41 Å². The van der Waals surface area contributed by atoms with E-state index in [9.17, 15) is 9.59 Å². The first-order chi connectivity index (χ1) is 18.4. The van der Waals surface area contributed by atoms with E-state index in [1.807, 2.05) is 41.3 Å². The number of ether oxygens (including phenoxy) is 1. The Bertz CT molecular complexity index is 1300. The van der Waals surface area contributed by atoms with E-state index in [1.54, 1.807) is 6.07 Å². The molecule has 1 N–H and O–H groups in total. The zero-order valence-corrected chi connectivity index (χ0v) is 23.0. The zero-order chi connectivity index (χ0) is 26.7. The number of hydrogen-bond acceptors (Lipinski definition) is 4. The number of nitrogens with zero attached hydrogens (tertiary/aromatic N) is 2. The van der Waals surface area contributed by atoms with Crippen LogP contribution in [-0.2, 0) is 14.9 Å². The average Bonchev–Trinajstić information content (AvgIpc) is 2.95. The van der Waals surface area contributed by atoms with Crippen LogP contribution < -0.4 is 5.32 Å². The Labute approximate surface area is 237 Å². The number of hydrogen-bond donors (Lipinski definition) is 1. The van der Waals surface area contributed by atoms with E-state index in [-0.39, 0.29) is 22.0 Å². The maximum atomic E-state index is 13.6. The van der Waals surface area contributed by atoms with Crippen LogP contribution in [-0.4, -0.2) is 48.0 Å². The highest BCUT2D eigenvalue weighted by Crippen LogP contribution is 2.37. The van der Waals surface area contributed by atoms with Crippen LogP contribution in [0.15, 0.2) is 60.8 Å². The second kappa shape index (κ2) is 11.6. The molecule has 2 aliphatic heterocycles. The molecule has 3 aromatic rings. The number of nitrogens with one attached hydrogen (secondary N) is 1. The van der Waals surface area contributed by atoms with Crippen molar-refractivity contribution in [2.75, 3.05) is 31.6 Å². The Kier molecular flexibility index (Phi) is 8.24. The molecule has 198 valence electrons. The fourth-order valence-electron chi connectivity index (χ4n) is 5.36. The summed E-state index contributed by atoms with van der Waals surface area (Å²) in [4.78, 5) is 32.2. The quantitative estimate of drug-likeness (QED) is 0.343. The summed E-state index contributed by atoms with van der Waals surface area (Å²) in [6, 6.07) is 17.2. The Morgan fingerprint density at radius 2 is 1.61 bits per heavy atom. The fourth-order valence-corrected chi connectivity index (χ4v) is 5.76. The molecule has 0 spiro atoms. The predicted molar refractivity (Wildman–Crippen MR) is 150 cm³/mol.